The maximum atomic E-state index is 5.66. The van der Waals surface area contributed by atoms with Gasteiger partial charge in [0.15, 0.2) is 0 Å². The molecule has 0 atom stereocenters. The van der Waals surface area contributed by atoms with E-state index in [1.807, 2.05) is 31.2 Å². The van der Waals surface area contributed by atoms with Crippen LogP contribution in [0.15, 0.2) is 24.3 Å². The van der Waals surface area contributed by atoms with E-state index in [1.165, 1.54) is 12.7 Å². The molecule has 112 valence electrons. The highest BCUT2D eigenvalue weighted by Gasteiger charge is 2.08. The van der Waals surface area contributed by atoms with Crippen LogP contribution >= 0.6 is 0 Å². The van der Waals surface area contributed by atoms with E-state index in [1.54, 1.807) is 0 Å². The third-order valence-corrected chi connectivity index (χ3v) is 2.87. The van der Waals surface area contributed by atoms with Gasteiger partial charge in [-0.25, -0.2) is 0 Å². The molecular weight excluding hydrogens is 268 g/mol. The minimum Gasteiger partial charge on any atom is -0.467 e. The van der Waals surface area contributed by atoms with Crippen molar-refractivity contribution in [3.8, 4) is 17.8 Å². The van der Waals surface area contributed by atoms with Crippen LogP contribution in [-0.4, -0.2) is 28.6 Å². The van der Waals surface area contributed by atoms with Crippen molar-refractivity contribution in [3.05, 3.63) is 29.8 Å². The zero-order valence-electron chi connectivity index (χ0n) is 12.8. The Morgan fingerprint density at radius 3 is 2.29 bits per heavy atom. The molecule has 6 nitrogen and oxygen atoms in total. The van der Waals surface area contributed by atoms with Crippen LogP contribution in [0.5, 0.6) is 17.8 Å². The van der Waals surface area contributed by atoms with Gasteiger partial charge in [-0.15, -0.1) is 4.98 Å². The van der Waals surface area contributed by atoms with Gasteiger partial charge < -0.3 is 14.8 Å². The van der Waals surface area contributed by atoms with Crippen molar-refractivity contribution in [3.63, 3.8) is 0 Å². The average Bonchev–Trinajstić information content (AvgIpc) is 2.48. The second-order valence-electron chi connectivity index (χ2n) is 4.78. The maximum absolute atomic E-state index is 5.66. The second kappa shape index (κ2) is 6.88. The first kappa shape index (κ1) is 15.0. The Bertz CT molecular complexity index is 585. The summed E-state index contributed by atoms with van der Waals surface area (Å²) < 4.78 is 10.7. The highest BCUT2D eigenvalue weighted by atomic mass is 16.5. The lowest BCUT2D eigenvalue weighted by Crippen LogP contribution is -2.06. The van der Waals surface area contributed by atoms with Crippen molar-refractivity contribution >= 4 is 5.95 Å². The first-order valence-electron chi connectivity index (χ1n) is 6.94. The van der Waals surface area contributed by atoms with E-state index in [0.29, 0.717) is 24.2 Å². The predicted molar refractivity (Wildman–Crippen MR) is 81.1 cm³/mol. The monoisotopic (exact) mass is 288 g/mol. The molecular formula is C15H20N4O2. The Balaban J connectivity index is 2.19. The van der Waals surface area contributed by atoms with Crippen molar-refractivity contribution in [1.82, 2.24) is 15.0 Å². The first-order valence-corrected chi connectivity index (χ1v) is 6.94. The van der Waals surface area contributed by atoms with E-state index in [-0.39, 0.29) is 12.0 Å². The van der Waals surface area contributed by atoms with E-state index in [2.05, 4.69) is 34.1 Å². The van der Waals surface area contributed by atoms with Gasteiger partial charge in [-0.3, -0.25) is 0 Å². The molecule has 0 radical (unpaired) electrons. The van der Waals surface area contributed by atoms with Crippen molar-refractivity contribution in [2.24, 2.45) is 0 Å². The SMILES string of the molecule is CCNc1nc(OC)nc(Oc2ccc(C(C)C)cc2)n1. The highest BCUT2D eigenvalue weighted by molar-refractivity contribution is 5.32. The quantitative estimate of drug-likeness (QED) is 0.880. The van der Waals surface area contributed by atoms with E-state index in [9.17, 15) is 0 Å². The summed E-state index contributed by atoms with van der Waals surface area (Å²) in [6.07, 6.45) is 0. The summed E-state index contributed by atoms with van der Waals surface area (Å²) in [5.41, 5.74) is 1.25. The molecule has 1 aromatic heterocycles. The molecule has 0 saturated carbocycles. The molecule has 0 aliphatic carbocycles. The summed E-state index contributed by atoms with van der Waals surface area (Å²) in [7, 11) is 1.51. The van der Waals surface area contributed by atoms with Gasteiger partial charge in [0.25, 0.3) is 0 Å². The van der Waals surface area contributed by atoms with Crippen molar-refractivity contribution in [2.75, 3.05) is 19.0 Å². The number of hydrogen-bond acceptors (Lipinski definition) is 6. The molecule has 0 aliphatic heterocycles. The summed E-state index contributed by atoms with van der Waals surface area (Å²) in [5, 5.41) is 3.01. The Hall–Kier alpha value is -2.37. The topological polar surface area (TPSA) is 69.2 Å². The zero-order valence-corrected chi connectivity index (χ0v) is 12.8. The summed E-state index contributed by atoms with van der Waals surface area (Å²) in [4.78, 5) is 12.4. The Kier molecular flexibility index (Phi) is 4.92. The summed E-state index contributed by atoms with van der Waals surface area (Å²) in [5.74, 6) is 1.59. The van der Waals surface area contributed by atoms with Crippen molar-refractivity contribution in [2.45, 2.75) is 26.7 Å². The molecule has 21 heavy (non-hydrogen) atoms. The van der Waals surface area contributed by atoms with Crippen molar-refractivity contribution in [1.29, 1.82) is 0 Å². The van der Waals surface area contributed by atoms with Crippen LogP contribution in [0.4, 0.5) is 5.95 Å². The smallest absolute Gasteiger partial charge is 0.330 e. The van der Waals surface area contributed by atoms with Gasteiger partial charge in [0, 0.05) is 6.54 Å². The van der Waals surface area contributed by atoms with Gasteiger partial charge in [0.05, 0.1) is 7.11 Å². The van der Waals surface area contributed by atoms with Gasteiger partial charge in [-0.2, -0.15) is 9.97 Å². The van der Waals surface area contributed by atoms with E-state index in [4.69, 9.17) is 9.47 Å². The van der Waals surface area contributed by atoms with Crippen LogP contribution < -0.4 is 14.8 Å². The molecule has 2 rings (SSSR count). The third kappa shape index (κ3) is 4.05. The average molecular weight is 288 g/mol. The molecule has 1 heterocycles. The van der Waals surface area contributed by atoms with Crippen molar-refractivity contribution < 1.29 is 9.47 Å². The van der Waals surface area contributed by atoms with Crippen LogP contribution in [0.2, 0.25) is 0 Å². The number of anilines is 1. The summed E-state index contributed by atoms with van der Waals surface area (Å²) >= 11 is 0. The Morgan fingerprint density at radius 1 is 1.05 bits per heavy atom. The fraction of sp³-hybridized carbons (Fsp3) is 0.400. The van der Waals surface area contributed by atoms with Crippen LogP contribution in [0.3, 0.4) is 0 Å². The highest BCUT2D eigenvalue weighted by Crippen LogP contribution is 2.23. The van der Waals surface area contributed by atoms with Gasteiger partial charge >= 0.3 is 12.0 Å². The molecule has 1 N–H and O–H groups in total. The minimum absolute atomic E-state index is 0.204. The van der Waals surface area contributed by atoms with Crippen LogP contribution in [0.1, 0.15) is 32.3 Å². The summed E-state index contributed by atoms with van der Waals surface area (Å²) in [6.45, 7) is 6.96. The lowest BCUT2D eigenvalue weighted by Gasteiger charge is -2.09. The first-order chi connectivity index (χ1) is 10.1. The van der Waals surface area contributed by atoms with Gasteiger partial charge in [-0.05, 0) is 30.5 Å². The zero-order chi connectivity index (χ0) is 15.2. The molecule has 0 spiro atoms. The van der Waals surface area contributed by atoms with Crippen LogP contribution in [0.25, 0.3) is 0 Å². The van der Waals surface area contributed by atoms with Crippen LogP contribution in [0, 0.1) is 0 Å². The number of hydrogen-bond donors (Lipinski definition) is 1. The number of nitrogens with one attached hydrogen (secondary N) is 1. The maximum Gasteiger partial charge on any atom is 0.330 e. The standard InChI is InChI=1S/C15H20N4O2/c1-5-16-13-17-14(20-4)19-15(18-13)21-12-8-6-11(7-9-12)10(2)3/h6-10H,5H2,1-4H3,(H,16,17,18,19). The number of methoxy groups -OCH3 is 1. The van der Waals surface area contributed by atoms with E-state index >= 15 is 0 Å². The molecule has 0 fully saturated rings. The molecule has 6 heteroatoms. The number of rotatable bonds is 6. The molecule has 1 aromatic carbocycles. The molecule has 0 bridgehead atoms. The molecule has 0 amide bonds. The van der Waals surface area contributed by atoms with Gasteiger partial charge in [0.1, 0.15) is 5.75 Å². The largest absolute Gasteiger partial charge is 0.467 e. The van der Waals surface area contributed by atoms with E-state index < -0.39 is 0 Å². The molecule has 0 unspecified atom stereocenters. The van der Waals surface area contributed by atoms with Gasteiger partial charge in [-0.1, -0.05) is 26.0 Å². The normalized spacial score (nSPS) is 10.5. The van der Waals surface area contributed by atoms with Gasteiger partial charge in [0.2, 0.25) is 5.95 Å². The molecule has 0 aliphatic rings. The predicted octanol–water partition coefficient (Wildman–Crippen LogP) is 3.23. The molecule has 0 saturated heterocycles. The van der Waals surface area contributed by atoms with E-state index in [0.717, 1.165) is 0 Å². The third-order valence-electron chi connectivity index (χ3n) is 2.87. The molecule has 2 aromatic rings. The number of aromatic nitrogens is 3. The number of ether oxygens (including phenoxy) is 2. The summed E-state index contributed by atoms with van der Waals surface area (Å²) in [6, 6.07) is 8.29. The number of nitrogens with zero attached hydrogens (tertiary/aromatic N) is 3. The lowest BCUT2D eigenvalue weighted by atomic mass is 10.0. The lowest BCUT2D eigenvalue weighted by molar-refractivity contribution is 0.360. The van der Waals surface area contributed by atoms with Crippen LogP contribution in [-0.2, 0) is 0 Å². The fourth-order valence-corrected chi connectivity index (χ4v) is 1.74. The fourth-order valence-electron chi connectivity index (χ4n) is 1.74. The Morgan fingerprint density at radius 2 is 1.71 bits per heavy atom. The minimum atomic E-state index is 0.204. The second-order valence-corrected chi connectivity index (χ2v) is 4.78. The Labute approximate surface area is 124 Å². The number of benzene rings is 1.